The zero-order valence-electron chi connectivity index (χ0n) is 14.7. The van der Waals surface area contributed by atoms with Crippen LogP contribution in [0.2, 0.25) is 0 Å². The van der Waals surface area contributed by atoms with Crippen LogP contribution in [-0.4, -0.2) is 26.7 Å². The second-order valence-electron chi connectivity index (χ2n) is 7.08. The van der Waals surface area contributed by atoms with Gasteiger partial charge in [-0.05, 0) is 29.0 Å². The summed E-state index contributed by atoms with van der Waals surface area (Å²) in [5.41, 5.74) is 3.05. The smallest absolute Gasteiger partial charge is 0.119 e. The lowest BCUT2D eigenvalue weighted by Gasteiger charge is -2.19. The Balaban J connectivity index is 1.96. The Kier molecular flexibility index (Phi) is 5.42. The van der Waals surface area contributed by atoms with E-state index in [1.54, 1.807) is 0 Å². The fraction of sp³-hybridized carbons (Fsp3) is 0.556. The summed E-state index contributed by atoms with van der Waals surface area (Å²) in [6, 6.07) is 8.22. The van der Waals surface area contributed by atoms with Crippen molar-refractivity contribution in [3.8, 4) is 5.75 Å². The molecule has 0 saturated carbocycles. The Morgan fingerprint density at radius 1 is 1.17 bits per heavy atom. The van der Waals surface area contributed by atoms with Crippen molar-refractivity contribution in [2.45, 2.75) is 59.1 Å². The Morgan fingerprint density at radius 2 is 1.83 bits per heavy atom. The fourth-order valence-corrected chi connectivity index (χ4v) is 2.57. The van der Waals surface area contributed by atoms with Crippen molar-refractivity contribution in [3.05, 3.63) is 41.2 Å². The zero-order valence-corrected chi connectivity index (χ0v) is 14.7. The number of rotatable bonds is 6. The summed E-state index contributed by atoms with van der Waals surface area (Å²) in [7, 11) is 0. The summed E-state index contributed by atoms with van der Waals surface area (Å²) in [5, 5.41) is 17.5. The van der Waals surface area contributed by atoms with Gasteiger partial charge in [-0.1, -0.05) is 52.0 Å². The van der Waals surface area contributed by atoms with Gasteiger partial charge in [0.25, 0.3) is 0 Å². The van der Waals surface area contributed by atoms with Crippen molar-refractivity contribution in [2.24, 2.45) is 0 Å². The summed E-state index contributed by atoms with van der Waals surface area (Å²) >= 11 is 0. The maximum Gasteiger partial charge on any atom is 0.119 e. The van der Waals surface area contributed by atoms with Gasteiger partial charge < -0.3 is 9.84 Å². The molecule has 23 heavy (non-hydrogen) atoms. The first-order valence-corrected chi connectivity index (χ1v) is 8.09. The molecule has 126 valence electrons. The van der Waals surface area contributed by atoms with E-state index in [1.807, 2.05) is 16.8 Å². The van der Waals surface area contributed by atoms with Crippen LogP contribution in [0.3, 0.4) is 0 Å². The van der Waals surface area contributed by atoms with E-state index in [1.165, 1.54) is 5.56 Å². The molecule has 0 amide bonds. The first-order chi connectivity index (χ1) is 10.8. The highest BCUT2D eigenvalue weighted by Gasteiger charge is 2.15. The Morgan fingerprint density at radius 3 is 2.35 bits per heavy atom. The standard InChI is InChI=1S/C18H27N3O2/c1-13(2)17-16(12-22)19-20-21(17)10-11-23-15-8-6-14(7-9-15)18(3,4)5/h6-9,13,22H,10-12H2,1-5H3. The van der Waals surface area contributed by atoms with Crippen LogP contribution in [0, 0.1) is 0 Å². The molecule has 0 aliphatic carbocycles. The van der Waals surface area contributed by atoms with Crippen LogP contribution < -0.4 is 4.74 Å². The van der Waals surface area contributed by atoms with Crippen molar-refractivity contribution in [1.82, 2.24) is 15.0 Å². The largest absolute Gasteiger partial charge is 0.492 e. The summed E-state index contributed by atoms with van der Waals surface area (Å²) in [6.45, 7) is 11.8. The maximum absolute atomic E-state index is 9.33. The van der Waals surface area contributed by atoms with Crippen LogP contribution in [0.5, 0.6) is 5.75 Å². The van der Waals surface area contributed by atoms with Gasteiger partial charge in [0.1, 0.15) is 18.1 Å². The van der Waals surface area contributed by atoms with E-state index in [9.17, 15) is 5.11 Å². The molecule has 2 rings (SSSR count). The average molecular weight is 317 g/mol. The maximum atomic E-state index is 9.33. The Bertz CT molecular complexity index is 625. The van der Waals surface area contributed by atoms with Crippen LogP contribution in [0.15, 0.2) is 24.3 Å². The Hall–Kier alpha value is -1.88. The van der Waals surface area contributed by atoms with Crippen LogP contribution in [0.4, 0.5) is 0 Å². The SMILES string of the molecule is CC(C)c1c(CO)nnn1CCOc1ccc(C(C)(C)C)cc1. The molecule has 2 aromatic rings. The molecule has 1 heterocycles. The van der Waals surface area contributed by atoms with Gasteiger partial charge in [-0.25, -0.2) is 4.68 Å². The van der Waals surface area contributed by atoms with Crippen LogP contribution >= 0.6 is 0 Å². The highest BCUT2D eigenvalue weighted by atomic mass is 16.5. The fourth-order valence-electron chi connectivity index (χ4n) is 2.57. The molecule has 5 nitrogen and oxygen atoms in total. The number of aliphatic hydroxyl groups is 1. The quantitative estimate of drug-likeness (QED) is 0.888. The van der Waals surface area contributed by atoms with E-state index in [0.29, 0.717) is 18.8 Å². The van der Waals surface area contributed by atoms with E-state index in [2.05, 4.69) is 57.1 Å². The number of hydrogen-bond acceptors (Lipinski definition) is 4. The number of benzene rings is 1. The summed E-state index contributed by atoms with van der Waals surface area (Å²) in [4.78, 5) is 0. The predicted molar refractivity (Wildman–Crippen MR) is 90.7 cm³/mol. The Labute approximate surface area is 138 Å². The topological polar surface area (TPSA) is 60.2 Å². The normalized spacial score (nSPS) is 12.0. The van der Waals surface area contributed by atoms with Crippen LogP contribution in [0.1, 0.15) is 57.5 Å². The molecule has 1 aromatic carbocycles. The number of hydrogen-bond donors (Lipinski definition) is 1. The van der Waals surface area contributed by atoms with Crippen LogP contribution in [-0.2, 0) is 18.6 Å². The van der Waals surface area contributed by atoms with Crippen molar-refractivity contribution >= 4 is 0 Å². The first-order valence-electron chi connectivity index (χ1n) is 8.09. The van der Waals surface area contributed by atoms with Gasteiger partial charge in [-0.3, -0.25) is 0 Å². The molecule has 5 heteroatoms. The number of aliphatic hydroxyl groups excluding tert-OH is 1. The number of aromatic nitrogens is 3. The third-order valence-electron chi connectivity index (χ3n) is 3.84. The number of nitrogens with zero attached hydrogens (tertiary/aromatic N) is 3. The van der Waals surface area contributed by atoms with E-state index >= 15 is 0 Å². The minimum atomic E-state index is -0.0807. The van der Waals surface area contributed by atoms with Gasteiger partial charge >= 0.3 is 0 Å². The summed E-state index contributed by atoms with van der Waals surface area (Å²) in [6.07, 6.45) is 0. The minimum Gasteiger partial charge on any atom is -0.492 e. The molecular formula is C18H27N3O2. The summed E-state index contributed by atoms with van der Waals surface area (Å²) in [5.74, 6) is 1.12. The van der Waals surface area contributed by atoms with E-state index in [0.717, 1.165) is 11.4 Å². The van der Waals surface area contributed by atoms with Gasteiger partial charge in [0, 0.05) is 0 Å². The van der Waals surface area contributed by atoms with Gasteiger partial charge in [0.15, 0.2) is 0 Å². The highest BCUT2D eigenvalue weighted by molar-refractivity contribution is 5.31. The molecule has 0 aliphatic rings. The van der Waals surface area contributed by atoms with E-state index in [4.69, 9.17) is 4.74 Å². The predicted octanol–water partition coefficient (Wildman–Crippen LogP) is 3.27. The molecule has 0 unspecified atom stereocenters. The molecule has 0 spiro atoms. The number of ether oxygens (including phenoxy) is 1. The third kappa shape index (κ3) is 4.32. The zero-order chi connectivity index (χ0) is 17.0. The van der Waals surface area contributed by atoms with Gasteiger partial charge in [0.05, 0.1) is 18.8 Å². The molecule has 0 bridgehead atoms. The third-order valence-corrected chi connectivity index (χ3v) is 3.84. The lowest BCUT2D eigenvalue weighted by Crippen LogP contribution is -2.14. The molecule has 0 radical (unpaired) electrons. The molecule has 0 atom stereocenters. The first kappa shape index (κ1) is 17.5. The lowest BCUT2D eigenvalue weighted by atomic mass is 9.87. The van der Waals surface area contributed by atoms with Crippen molar-refractivity contribution in [3.63, 3.8) is 0 Å². The highest BCUT2D eigenvalue weighted by Crippen LogP contribution is 2.24. The van der Waals surface area contributed by atoms with Gasteiger partial charge in [-0.2, -0.15) is 0 Å². The molecule has 0 saturated heterocycles. The molecule has 1 N–H and O–H groups in total. The molecular weight excluding hydrogens is 290 g/mol. The second-order valence-corrected chi connectivity index (χ2v) is 7.08. The average Bonchev–Trinajstić information content (AvgIpc) is 2.90. The van der Waals surface area contributed by atoms with Crippen molar-refractivity contribution in [1.29, 1.82) is 0 Å². The van der Waals surface area contributed by atoms with Gasteiger partial charge in [0.2, 0.25) is 0 Å². The lowest BCUT2D eigenvalue weighted by molar-refractivity contribution is 0.273. The summed E-state index contributed by atoms with van der Waals surface area (Å²) < 4.78 is 7.62. The molecule has 0 aliphatic heterocycles. The van der Waals surface area contributed by atoms with E-state index < -0.39 is 0 Å². The van der Waals surface area contributed by atoms with Gasteiger partial charge in [-0.15, -0.1) is 5.10 Å². The second kappa shape index (κ2) is 7.13. The molecule has 1 aromatic heterocycles. The monoisotopic (exact) mass is 317 g/mol. The molecule has 0 fully saturated rings. The van der Waals surface area contributed by atoms with Crippen molar-refractivity contribution in [2.75, 3.05) is 6.61 Å². The van der Waals surface area contributed by atoms with E-state index in [-0.39, 0.29) is 17.9 Å². The minimum absolute atomic E-state index is 0.0807. The van der Waals surface area contributed by atoms with Crippen LogP contribution in [0.25, 0.3) is 0 Å². The van der Waals surface area contributed by atoms with Crippen molar-refractivity contribution < 1.29 is 9.84 Å².